The standard InChI is InChI=1S/C16H22N2O4/c1-10-8-13(11(2)14(9-10)22-3)17-16(21)18-6-4-12(5-7-18)15(19)20/h8-9,12H,4-7H2,1-3H3,(H,17,21)(H,19,20). The average Bonchev–Trinajstić information content (AvgIpc) is 2.50. The van der Waals surface area contributed by atoms with Crippen molar-refractivity contribution in [3.63, 3.8) is 0 Å². The third-order valence-corrected chi connectivity index (χ3v) is 4.10. The van der Waals surface area contributed by atoms with E-state index in [4.69, 9.17) is 9.84 Å². The Balaban J connectivity index is 2.04. The molecule has 120 valence electrons. The van der Waals surface area contributed by atoms with E-state index in [0.29, 0.717) is 25.9 Å². The van der Waals surface area contributed by atoms with E-state index in [1.807, 2.05) is 26.0 Å². The number of carbonyl (C=O) groups excluding carboxylic acids is 1. The molecule has 1 saturated heterocycles. The predicted molar refractivity (Wildman–Crippen MR) is 83.4 cm³/mol. The van der Waals surface area contributed by atoms with E-state index < -0.39 is 5.97 Å². The molecule has 22 heavy (non-hydrogen) atoms. The first-order chi connectivity index (χ1) is 10.4. The lowest BCUT2D eigenvalue weighted by atomic mass is 9.97. The highest BCUT2D eigenvalue weighted by Crippen LogP contribution is 2.28. The van der Waals surface area contributed by atoms with E-state index >= 15 is 0 Å². The minimum atomic E-state index is -0.778. The number of nitrogens with one attached hydrogen (secondary N) is 1. The molecule has 1 fully saturated rings. The summed E-state index contributed by atoms with van der Waals surface area (Å²) in [5.41, 5.74) is 2.60. The highest BCUT2D eigenvalue weighted by molar-refractivity contribution is 5.91. The molecule has 1 heterocycles. The first kappa shape index (κ1) is 16.1. The Hall–Kier alpha value is -2.24. The second-order valence-electron chi connectivity index (χ2n) is 5.67. The van der Waals surface area contributed by atoms with E-state index in [-0.39, 0.29) is 11.9 Å². The minimum Gasteiger partial charge on any atom is -0.496 e. The topological polar surface area (TPSA) is 78.9 Å². The number of rotatable bonds is 3. The maximum absolute atomic E-state index is 12.3. The van der Waals surface area contributed by atoms with Crippen molar-refractivity contribution in [2.75, 3.05) is 25.5 Å². The van der Waals surface area contributed by atoms with E-state index in [1.165, 1.54) is 0 Å². The van der Waals surface area contributed by atoms with Gasteiger partial charge in [0.1, 0.15) is 5.75 Å². The van der Waals surface area contributed by atoms with Gasteiger partial charge in [-0.1, -0.05) is 0 Å². The maximum Gasteiger partial charge on any atom is 0.321 e. The number of aliphatic carboxylic acids is 1. The predicted octanol–water partition coefficient (Wildman–Crippen LogP) is 2.64. The van der Waals surface area contributed by atoms with Crippen molar-refractivity contribution in [2.24, 2.45) is 5.92 Å². The smallest absolute Gasteiger partial charge is 0.321 e. The van der Waals surface area contributed by atoms with Gasteiger partial charge < -0.3 is 20.1 Å². The Kier molecular flexibility index (Phi) is 4.90. The highest BCUT2D eigenvalue weighted by atomic mass is 16.5. The maximum atomic E-state index is 12.3. The molecule has 0 unspecified atom stereocenters. The molecule has 1 aromatic carbocycles. The van der Waals surface area contributed by atoms with Gasteiger partial charge in [0, 0.05) is 24.3 Å². The van der Waals surface area contributed by atoms with Crippen molar-refractivity contribution in [1.29, 1.82) is 0 Å². The molecule has 0 radical (unpaired) electrons. The fraction of sp³-hybridized carbons (Fsp3) is 0.500. The van der Waals surface area contributed by atoms with Gasteiger partial charge in [0.2, 0.25) is 0 Å². The van der Waals surface area contributed by atoms with Gasteiger partial charge >= 0.3 is 12.0 Å². The number of anilines is 1. The number of carboxylic acid groups (broad SMARTS) is 1. The molecule has 0 bridgehead atoms. The van der Waals surface area contributed by atoms with Crippen LogP contribution in [0.25, 0.3) is 0 Å². The van der Waals surface area contributed by atoms with Crippen LogP contribution in [0.4, 0.5) is 10.5 Å². The van der Waals surface area contributed by atoms with Gasteiger partial charge in [-0.15, -0.1) is 0 Å². The van der Waals surface area contributed by atoms with Crippen LogP contribution in [0.5, 0.6) is 5.75 Å². The van der Waals surface area contributed by atoms with Gasteiger partial charge in [-0.05, 0) is 44.4 Å². The van der Waals surface area contributed by atoms with E-state index in [1.54, 1.807) is 12.0 Å². The Bertz CT molecular complexity index is 578. The molecule has 6 nitrogen and oxygen atoms in total. The van der Waals surface area contributed by atoms with Gasteiger partial charge in [0.05, 0.1) is 13.0 Å². The monoisotopic (exact) mass is 306 g/mol. The van der Waals surface area contributed by atoms with Crippen LogP contribution in [-0.2, 0) is 4.79 Å². The normalized spacial score (nSPS) is 15.5. The summed E-state index contributed by atoms with van der Waals surface area (Å²) in [6, 6.07) is 3.63. The van der Waals surface area contributed by atoms with Gasteiger partial charge in [0.25, 0.3) is 0 Å². The van der Waals surface area contributed by atoms with Crippen molar-refractivity contribution in [1.82, 2.24) is 4.90 Å². The number of amides is 2. The number of aryl methyl sites for hydroxylation is 1. The summed E-state index contributed by atoms with van der Waals surface area (Å²) >= 11 is 0. The number of piperidine rings is 1. The Morgan fingerprint density at radius 3 is 2.45 bits per heavy atom. The van der Waals surface area contributed by atoms with Gasteiger partial charge in [-0.3, -0.25) is 4.79 Å². The summed E-state index contributed by atoms with van der Waals surface area (Å²) in [5, 5.41) is 11.9. The number of hydrogen-bond acceptors (Lipinski definition) is 3. The second kappa shape index (κ2) is 6.68. The van der Waals surface area contributed by atoms with Gasteiger partial charge in [0.15, 0.2) is 0 Å². The lowest BCUT2D eigenvalue weighted by Crippen LogP contribution is -2.42. The molecular weight excluding hydrogens is 284 g/mol. The summed E-state index contributed by atoms with van der Waals surface area (Å²) in [4.78, 5) is 24.9. The van der Waals surface area contributed by atoms with Crippen LogP contribution in [0.3, 0.4) is 0 Å². The Labute approximate surface area is 130 Å². The van der Waals surface area contributed by atoms with E-state index in [2.05, 4.69) is 5.32 Å². The van der Waals surface area contributed by atoms with Crippen LogP contribution in [0.1, 0.15) is 24.0 Å². The number of likely N-dealkylation sites (tertiary alicyclic amines) is 1. The molecule has 2 rings (SSSR count). The van der Waals surface area contributed by atoms with Gasteiger partial charge in [-0.25, -0.2) is 4.79 Å². The summed E-state index contributed by atoms with van der Waals surface area (Å²) in [7, 11) is 1.60. The van der Waals surface area contributed by atoms with Crippen LogP contribution in [0, 0.1) is 19.8 Å². The van der Waals surface area contributed by atoms with Crippen LogP contribution in [0.2, 0.25) is 0 Å². The van der Waals surface area contributed by atoms with Gasteiger partial charge in [-0.2, -0.15) is 0 Å². The molecule has 2 amide bonds. The number of carboxylic acids is 1. The first-order valence-electron chi connectivity index (χ1n) is 7.36. The zero-order valence-electron chi connectivity index (χ0n) is 13.2. The third kappa shape index (κ3) is 3.50. The number of hydrogen-bond donors (Lipinski definition) is 2. The largest absolute Gasteiger partial charge is 0.496 e. The Morgan fingerprint density at radius 1 is 1.27 bits per heavy atom. The molecular formula is C16H22N2O4. The number of ether oxygens (including phenoxy) is 1. The van der Waals surface area contributed by atoms with E-state index in [0.717, 1.165) is 22.6 Å². The van der Waals surface area contributed by atoms with Crippen LogP contribution >= 0.6 is 0 Å². The molecule has 0 spiro atoms. The van der Waals surface area contributed by atoms with E-state index in [9.17, 15) is 9.59 Å². The summed E-state index contributed by atoms with van der Waals surface area (Å²) in [6.07, 6.45) is 0.998. The number of urea groups is 1. The number of methoxy groups -OCH3 is 1. The third-order valence-electron chi connectivity index (χ3n) is 4.10. The highest BCUT2D eigenvalue weighted by Gasteiger charge is 2.27. The average molecular weight is 306 g/mol. The molecule has 1 aliphatic rings. The SMILES string of the molecule is COc1cc(C)cc(NC(=O)N2CCC(C(=O)O)CC2)c1C. The fourth-order valence-electron chi connectivity index (χ4n) is 2.69. The number of nitrogens with zero attached hydrogens (tertiary/aromatic N) is 1. The molecule has 0 aliphatic carbocycles. The number of benzene rings is 1. The van der Waals surface area contributed by atoms with Crippen molar-refractivity contribution in [3.05, 3.63) is 23.3 Å². The second-order valence-corrected chi connectivity index (χ2v) is 5.67. The molecule has 1 aliphatic heterocycles. The quantitative estimate of drug-likeness (QED) is 0.900. The minimum absolute atomic E-state index is 0.195. The Morgan fingerprint density at radius 2 is 1.91 bits per heavy atom. The van der Waals surface area contributed by atoms with Crippen molar-refractivity contribution < 1.29 is 19.4 Å². The molecule has 2 N–H and O–H groups in total. The first-order valence-corrected chi connectivity index (χ1v) is 7.36. The summed E-state index contributed by atoms with van der Waals surface area (Å²) < 4.78 is 5.30. The van der Waals surface area contributed by atoms with Crippen LogP contribution < -0.4 is 10.1 Å². The summed E-state index contributed by atoms with van der Waals surface area (Å²) in [5.74, 6) is -0.385. The van der Waals surface area contributed by atoms with Crippen molar-refractivity contribution in [2.45, 2.75) is 26.7 Å². The molecule has 0 saturated carbocycles. The van der Waals surface area contributed by atoms with Crippen LogP contribution in [-0.4, -0.2) is 42.2 Å². The lowest BCUT2D eigenvalue weighted by molar-refractivity contribution is -0.143. The molecule has 1 aromatic rings. The molecule has 0 atom stereocenters. The number of carbonyl (C=O) groups is 2. The van der Waals surface area contributed by atoms with Crippen molar-refractivity contribution >= 4 is 17.7 Å². The van der Waals surface area contributed by atoms with Crippen LogP contribution in [0.15, 0.2) is 12.1 Å². The molecule has 6 heteroatoms. The molecule has 0 aromatic heterocycles. The lowest BCUT2D eigenvalue weighted by Gasteiger charge is -2.30. The zero-order chi connectivity index (χ0) is 16.3. The van der Waals surface area contributed by atoms with Crippen molar-refractivity contribution in [3.8, 4) is 5.75 Å². The zero-order valence-corrected chi connectivity index (χ0v) is 13.2. The summed E-state index contributed by atoms with van der Waals surface area (Å²) in [6.45, 7) is 4.76. The fourth-order valence-corrected chi connectivity index (χ4v) is 2.69.